The van der Waals surface area contributed by atoms with Crippen molar-refractivity contribution in [1.29, 1.82) is 0 Å². The second-order valence-electron chi connectivity index (χ2n) is 6.52. The number of carbonyl (C=O) groups is 1. The number of nitrogens with one attached hydrogen (secondary N) is 1. The lowest BCUT2D eigenvalue weighted by Gasteiger charge is -2.24. The largest absolute Gasteiger partial charge is 0.338 e. The number of amides is 1. The summed E-state index contributed by atoms with van der Waals surface area (Å²) in [5.41, 5.74) is 2.95. The maximum Gasteiger partial charge on any atom is 0.228 e. The van der Waals surface area contributed by atoms with Crippen molar-refractivity contribution >= 4 is 16.8 Å². The van der Waals surface area contributed by atoms with Gasteiger partial charge < -0.3 is 4.90 Å². The maximum absolute atomic E-state index is 12.8. The minimum atomic E-state index is 0.163. The fraction of sp³-hybridized carbons (Fsp3) is 0.389. The smallest absolute Gasteiger partial charge is 0.228 e. The molecule has 0 radical (unpaired) electrons. The van der Waals surface area contributed by atoms with Gasteiger partial charge in [0.1, 0.15) is 0 Å². The molecular formula is C18H21N5O. The number of aromatic amines is 1. The van der Waals surface area contributed by atoms with Crippen molar-refractivity contribution in [3.8, 4) is 0 Å². The van der Waals surface area contributed by atoms with Crippen LogP contribution in [0.5, 0.6) is 0 Å². The highest BCUT2D eigenvalue weighted by molar-refractivity contribution is 5.87. The highest BCUT2D eigenvalue weighted by Gasteiger charge is 2.29. The summed E-state index contributed by atoms with van der Waals surface area (Å²) >= 11 is 0. The van der Waals surface area contributed by atoms with E-state index < -0.39 is 0 Å². The number of fused-ring (bicyclic) bond motifs is 1. The number of H-pyrrole nitrogens is 1. The topological polar surface area (TPSA) is 66.8 Å². The Morgan fingerprint density at radius 3 is 3.08 bits per heavy atom. The van der Waals surface area contributed by atoms with Crippen LogP contribution in [0.3, 0.4) is 0 Å². The molecule has 6 heteroatoms. The Bertz CT molecular complexity index is 865. The molecule has 1 aliphatic rings. The molecule has 1 N–H and O–H groups in total. The number of aromatic nitrogens is 4. The molecule has 1 aromatic carbocycles. The molecule has 2 aromatic heterocycles. The van der Waals surface area contributed by atoms with Crippen LogP contribution in [0.2, 0.25) is 0 Å². The van der Waals surface area contributed by atoms with Gasteiger partial charge in [-0.15, -0.1) is 0 Å². The highest BCUT2D eigenvalue weighted by Crippen LogP contribution is 2.22. The summed E-state index contributed by atoms with van der Waals surface area (Å²) in [5, 5.41) is 12.7. The Kier molecular flexibility index (Phi) is 3.80. The number of para-hydroxylation sites is 1. The van der Waals surface area contributed by atoms with Crippen LogP contribution in [-0.2, 0) is 17.8 Å². The van der Waals surface area contributed by atoms with E-state index in [1.165, 1.54) is 0 Å². The van der Waals surface area contributed by atoms with E-state index in [-0.39, 0.29) is 11.9 Å². The second-order valence-corrected chi connectivity index (χ2v) is 6.52. The van der Waals surface area contributed by atoms with Gasteiger partial charge in [-0.3, -0.25) is 14.6 Å². The van der Waals surface area contributed by atoms with Crippen LogP contribution < -0.4 is 0 Å². The van der Waals surface area contributed by atoms with Crippen molar-refractivity contribution in [2.45, 2.75) is 38.8 Å². The van der Waals surface area contributed by atoms with Crippen molar-refractivity contribution in [3.05, 3.63) is 47.9 Å². The Labute approximate surface area is 140 Å². The third-order valence-electron chi connectivity index (χ3n) is 4.73. The molecular weight excluding hydrogens is 302 g/mol. The third-order valence-corrected chi connectivity index (χ3v) is 4.73. The SMILES string of the molecule is Cc1cnn(C[C@H]2CCCN2C(=O)Cc2[nH]nc3ccccc23)c1. The standard InChI is InChI=1S/C18H21N5O/c1-13-10-19-22(11-13)12-14-5-4-8-23(14)18(24)9-17-15-6-2-3-7-16(15)20-21-17/h2-3,6-7,10-11,14H,4-5,8-9,12H2,1H3,(H,20,21)/t14-/m1/s1. The zero-order valence-corrected chi connectivity index (χ0v) is 13.8. The fourth-order valence-electron chi connectivity index (χ4n) is 3.54. The Hall–Kier alpha value is -2.63. The van der Waals surface area contributed by atoms with Crippen molar-refractivity contribution in [1.82, 2.24) is 24.9 Å². The van der Waals surface area contributed by atoms with E-state index in [4.69, 9.17) is 0 Å². The summed E-state index contributed by atoms with van der Waals surface area (Å²) < 4.78 is 1.94. The molecule has 4 rings (SSSR count). The van der Waals surface area contributed by atoms with Gasteiger partial charge in [0.15, 0.2) is 0 Å². The van der Waals surface area contributed by atoms with Gasteiger partial charge in [0.25, 0.3) is 0 Å². The van der Waals surface area contributed by atoms with Gasteiger partial charge in [-0.1, -0.05) is 18.2 Å². The highest BCUT2D eigenvalue weighted by atomic mass is 16.2. The van der Waals surface area contributed by atoms with Crippen LogP contribution in [-0.4, -0.2) is 43.4 Å². The van der Waals surface area contributed by atoms with Gasteiger partial charge in [-0.05, 0) is 31.4 Å². The van der Waals surface area contributed by atoms with Gasteiger partial charge in [-0.25, -0.2) is 0 Å². The van der Waals surface area contributed by atoms with Crippen LogP contribution in [0.25, 0.3) is 10.9 Å². The van der Waals surface area contributed by atoms with E-state index in [1.807, 2.05) is 53.2 Å². The number of aryl methyl sites for hydroxylation is 1. The first-order chi connectivity index (χ1) is 11.7. The molecule has 24 heavy (non-hydrogen) atoms. The normalized spacial score (nSPS) is 17.7. The average molecular weight is 323 g/mol. The number of carbonyl (C=O) groups excluding carboxylic acids is 1. The summed E-state index contributed by atoms with van der Waals surface area (Å²) in [6.07, 6.45) is 6.35. The lowest BCUT2D eigenvalue weighted by Crippen LogP contribution is -2.39. The van der Waals surface area contributed by atoms with E-state index >= 15 is 0 Å². The molecule has 1 atom stereocenters. The maximum atomic E-state index is 12.8. The number of rotatable bonds is 4. The number of benzene rings is 1. The van der Waals surface area contributed by atoms with E-state index in [1.54, 1.807) is 0 Å². The van der Waals surface area contributed by atoms with Crippen molar-refractivity contribution in [3.63, 3.8) is 0 Å². The summed E-state index contributed by atoms with van der Waals surface area (Å²) in [6.45, 7) is 3.63. The number of nitrogens with zero attached hydrogens (tertiary/aromatic N) is 4. The summed E-state index contributed by atoms with van der Waals surface area (Å²) in [4.78, 5) is 14.8. The van der Waals surface area contributed by atoms with E-state index in [0.29, 0.717) is 6.42 Å². The zero-order valence-electron chi connectivity index (χ0n) is 13.8. The molecule has 1 fully saturated rings. The van der Waals surface area contributed by atoms with E-state index in [0.717, 1.165) is 48.1 Å². The van der Waals surface area contributed by atoms with Crippen LogP contribution in [0.15, 0.2) is 36.7 Å². The fourth-order valence-corrected chi connectivity index (χ4v) is 3.54. The summed E-state index contributed by atoms with van der Waals surface area (Å²) in [5.74, 6) is 0.163. The van der Waals surface area contributed by atoms with E-state index in [2.05, 4.69) is 15.3 Å². The Morgan fingerprint density at radius 2 is 2.25 bits per heavy atom. The summed E-state index contributed by atoms with van der Waals surface area (Å²) in [7, 11) is 0. The molecule has 124 valence electrons. The van der Waals surface area contributed by atoms with Gasteiger partial charge in [-0.2, -0.15) is 10.2 Å². The molecule has 3 heterocycles. The first-order valence-electron chi connectivity index (χ1n) is 8.41. The van der Waals surface area contributed by atoms with Gasteiger partial charge in [0.2, 0.25) is 5.91 Å². The molecule has 1 aliphatic heterocycles. The first-order valence-corrected chi connectivity index (χ1v) is 8.41. The Balaban J connectivity index is 1.48. The average Bonchev–Trinajstić information content (AvgIpc) is 3.29. The van der Waals surface area contributed by atoms with Crippen LogP contribution in [0, 0.1) is 6.92 Å². The number of hydrogen-bond donors (Lipinski definition) is 1. The Morgan fingerprint density at radius 1 is 1.38 bits per heavy atom. The predicted molar refractivity (Wildman–Crippen MR) is 91.5 cm³/mol. The van der Waals surface area contributed by atoms with Crippen LogP contribution >= 0.6 is 0 Å². The molecule has 6 nitrogen and oxygen atoms in total. The molecule has 0 aliphatic carbocycles. The molecule has 3 aromatic rings. The second kappa shape index (κ2) is 6.11. The minimum absolute atomic E-state index is 0.163. The molecule has 0 unspecified atom stereocenters. The van der Waals surface area contributed by atoms with Gasteiger partial charge >= 0.3 is 0 Å². The van der Waals surface area contributed by atoms with Gasteiger partial charge in [0.05, 0.1) is 36.4 Å². The third kappa shape index (κ3) is 2.79. The molecule has 0 saturated carbocycles. The van der Waals surface area contributed by atoms with E-state index in [9.17, 15) is 4.79 Å². The zero-order chi connectivity index (χ0) is 16.5. The lowest BCUT2D eigenvalue weighted by atomic mass is 10.1. The van der Waals surface area contributed by atoms with Crippen molar-refractivity contribution < 1.29 is 4.79 Å². The number of hydrogen-bond acceptors (Lipinski definition) is 3. The minimum Gasteiger partial charge on any atom is -0.338 e. The molecule has 1 saturated heterocycles. The molecule has 1 amide bonds. The monoisotopic (exact) mass is 323 g/mol. The van der Waals surface area contributed by atoms with Crippen LogP contribution in [0.4, 0.5) is 0 Å². The predicted octanol–water partition coefficient (Wildman–Crippen LogP) is 2.30. The summed E-state index contributed by atoms with van der Waals surface area (Å²) in [6, 6.07) is 8.13. The first kappa shape index (κ1) is 14.9. The van der Waals surface area contributed by atoms with Crippen LogP contribution in [0.1, 0.15) is 24.1 Å². The quantitative estimate of drug-likeness (QED) is 0.801. The molecule has 0 bridgehead atoms. The number of likely N-dealkylation sites (tertiary alicyclic amines) is 1. The van der Waals surface area contributed by atoms with Gasteiger partial charge in [0, 0.05) is 18.1 Å². The molecule has 0 spiro atoms. The van der Waals surface area contributed by atoms with Crippen molar-refractivity contribution in [2.75, 3.05) is 6.54 Å². The lowest BCUT2D eigenvalue weighted by molar-refractivity contribution is -0.131. The van der Waals surface area contributed by atoms with Crippen molar-refractivity contribution in [2.24, 2.45) is 0 Å².